The highest BCUT2D eigenvalue weighted by molar-refractivity contribution is 5.83. The van der Waals surface area contributed by atoms with Gasteiger partial charge >= 0.3 is 11.7 Å². The first-order chi connectivity index (χ1) is 14.8. The van der Waals surface area contributed by atoms with E-state index in [1.54, 1.807) is 24.3 Å². The van der Waals surface area contributed by atoms with Gasteiger partial charge in [-0.15, -0.1) is 0 Å². The van der Waals surface area contributed by atoms with Crippen LogP contribution in [0, 0.1) is 12.7 Å². The molecule has 0 aliphatic rings. The minimum Gasteiger partial charge on any atom is -0.493 e. The summed E-state index contributed by atoms with van der Waals surface area (Å²) in [7, 11) is 0. The monoisotopic (exact) mass is 424 g/mol. The molecule has 0 bridgehead atoms. The number of carboxylic acid groups (broad SMARTS) is 1. The predicted octanol–water partition coefficient (Wildman–Crippen LogP) is 1.70. The zero-order chi connectivity index (χ0) is 22.3. The van der Waals surface area contributed by atoms with Crippen LogP contribution in [0.4, 0.5) is 4.39 Å². The number of hydrogen-bond donors (Lipinski definition) is 3. The molecule has 2 heterocycles. The normalized spacial score (nSPS) is 11.2. The summed E-state index contributed by atoms with van der Waals surface area (Å²) in [6.45, 7) is 0.703. The minimum atomic E-state index is -1.27. The van der Waals surface area contributed by atoms with E-state index in [0.29, 0.717) is 22.0 Å². The summed E-state index contributed by atoms with van der Waals surface area (Å²) >= 11 is 0. The van der Waals surface area contributed by atoms with E-state index in [0.717, 1.165) is 15.2 Å². The van der Waals surface area contributed by atoms with Gasteiger partial charge in [0.1, 0.15) is 12.4 Å². The maximum atomic E-state index is 14.6. The number of carbonyl (C=O) groups is 1. The number of rotatable bonds is 5. The van der Waals surface area contributed by atoms with Gasteiger partial charge in [0.2, 0.25) is 5.88 Å². The Hall–Kier alpha value is -4.21. The van der Waals surface area contributed by atoms with Crippen LogP contribution >= 0.6 is 0 Å². The Labute approximate surface area is 173 Å². The smallest absolute Gasteiger partial charge is 0.336 e. The van der Waals surface area contributed by atoms with E-state index in [9.17, 15) is 23.9 Å². The molecule has 4 aromatic rings. The molecule has 0 spiro atoms. The Morgan fingerprint density at radius 1 is 1.16 bits per heavy atom. The average molecular weight is 424 g/mol. The van der Waals surface area contributed by atoms with E-state index in [-0.39, 0.29) is 23.4 Å². The van der Waals surface area contributed by atoms with Crippen LogP contribution in [0.2, 0.25) is 0 Å². The molecule has 0 aliphatic heterocycles. The highest BCUT2D eigenvalue weighted by atomic mass is 19.1. The van der Waals surface area contributed by atoms with E-state index >= 15 is 0 Å². The molecule has 2 aromatic carbocycles. The number of fused-ring (bicyclic) bond motifs is 1. The summed E-state index contributed by atoms with van der Waals surface area (Å²) in [5.74, 6) is -2.59. The second-order valence-electron chi connectivity index (χ2n) is 7.01. The molecule has 31 heavy (non-hydrogen) atoms. The zero-order valence-corrected chi connectivity index (χ0v) is 16.3. The van der Waals surface area contributed by atoms with Gasteiger partial charge in [-0.3, -0.25) is 14.2 Å². The highest BCUT2D eigenvalue weighted by Gasteiger charge is 2.21. The highest BCUT2D eigenvalue weighted by Crippen LogP contribution is 2.24. The largest absolute Gasteiger partial charge is 0.493 e. The number of carboxylic acids is 1. The van der Waals surface area contributed by atoms with Gasteiger partial charge in [-0.05, 0) is 30.7 Å². The van der Waals surface area contributed by atoms with E-state index in [4.69, 9.17) is 5.11 Å². The summed E-state index contributed by atoms with van der Waals surface area (Å²) < 4.78 is 16.2. The van der Waals surface area contributed by atoms with Gasteiger partial charge in [-0.2, -0.15) is 5.10 Å². The van der Waals surface area contributed by atoms with Crippen LogP contribution in [0.3, 0.4) is 0 Å². The lowest BCUT2D eigenvalue weighted by Gasteiger charge is -2.09. The first kappa shape index (κ1) is 20.1. The van der Waals surface area contributed by atoms with Crippen molar-refractivity contribution in [2.24, 2.45) is 0 Å². The van der Waals surface area contributed by atoms with Gasteiger partial charge in [0.05, 0.1) is 22.5 Å². The maximum Gasteiger partial charge on any atom is 0.336 e. The van der Waals surface area contributed by atoms with Crippen molar-refractivity contribution in [2.45, 2.75) is 19.9 Å². The molecular formula is C21H17FN4O5. The summed E-state index contributed by atoms with van der Waals surface area (Å²) in [6, 6.07) is 11.0. The van der Waals surface area contributed by atoms with Gasteiger partial charge in [-0.25, -0.2) is 18.9 Å². The van der Waals surface area contributed by atoms with Crippen molar-refractivity contribution in [3.8, 4) is 11.6 Å². The van der Waals surface area contributed by atoms with Crippen molar-refractivity contribution >= 4 is 16.7 Å². The van der Waals surface area contributed by atoms with Crippen molar-refractivity contribution in [1.29, 1.82) is 0 Å². The third-order valence-corrected chi connectivity index (χ3v) is 5.05. The Morgan fingerprint density at radius 3 is 2.58 bits per heavy atom. The maximum absolute atomic E-state index is 14.6. The Balaban J connectivity index is 1.82. The van der Waals surface area contributed by atoms with E-state index < -0.39 is 29.9 Å². The Bertz CT molecular complexity index is 1450. The van der Waals surface area contributed by atoms with Crippen molar-refractivity contribution in [2.75, 3.05) is 0 Å². The Morgan fingerprint density at radius 2 is 1.87 bits per heavy atom. The van der Waals surface area contributed by atoms with E-state index in [1.807, 2.05) is 0 Å². The average Bonchev–Trinajstić information content (AvgIpc) is 2.94. The predicted molar refractivity (Wildman–Crippen MR) is 109 cm³/mol. The molecule has 2 aromatic heterocycles. The van der Waals surface area contributed by atoms with Crippen molar-refractivity contribution in [3.05, 3.63) is 86.1 Å². The van der Waals surface area contributed by atoms with Gasteiger partial charge in [0, 0.05) is 11.8 Å². The first-order valence-corrected chi connectivity index (χ1v) is 9.26. The fourth-order valence-electron chi connectivity index (χ4n) is 3.52. The molecule has 0 saturated heterocycles. The second kappa shape index (κ2) is 7.56. The molecule has 9 nitrogen and oxygen atoms in total. The quantitative estimate of drug-likeness (QED) is 0.447. The number of nitrogens with zero attached hydrogens (tertiary/aromatic N) is 3. The van der Waals surface area contributed by atoms with Crippen LogP contribution in [-0.2, 0) is 17.8 Å². The molecule has 0 aliphatic carbocycles. The third-order valence-electron chi connectivity index (χ3n) is 5.05. The lowest BCUT2D eigenvalue weighted by molar-refractivity contribution is -0.137. The van der Waals surface area contributed by atoms with Crippen LogP contribution in [0.15, 0.2) is 52.1 Å². The number of aromatic hydroxyl groups is 1. The fraction of sp³-hybridized carbons (Fsp3) is 0.143. The fourth-order valence-corrected chi connectivity index (χ4v) is 3.52. The number of aliphatic carboxylic acids is 1. The molecule has 4 rings (SSSR count). The molecule has 3 N–H and O–H groups in total. The van der Waals surface area contributed by atoms with Gasteiger partial charge in [-0.1, -0.05) is 24.3 Å². The van der Waals surface area contributed by atoms with Gasteiger partial charge in [0.25, 0.3) is 5.56 Å². The van der Waals surface area contributed by atoms with Crippen molar-refractivity contribution in [3.63, 3.8) is 0 Å². The molecule has 0 radical (unpaired) electrons. The number of halogens is 1. The topological polar surface area (TPSA) is 130 Å². The molecule has 0 amide bonds. The number of nitrogens with one attached hydrogen (secondary N) is 1. The van der Waals surface area contributed by atoms with E-state index in [2.05, 4.69) is 10.2 Å². The number of imidazole rings is 1. The van der Waals surface area contributed by atoms with Gasteiger partial charge < -0.3 is 10.2 Å². The molecule has 0 fully saturated rings. The van der Waals surface area contributed by atoms with Crippen LogP contribution in [0.5, 0.6) is 5.88 Å². The summed E-state index contributed by atoms with van der Waals surface area (Å²) in [5, 5.41) is 27.0. The number of hydrogen-bond acceptors (Lipinski definition) is 5. The molecule has 0 unspecified atom stereocenters. The second-order valence-corrected chi connectivity index (χ2v) is 7.01. The Kier molecular flexibility index (Phi) is 4.90. The van der Waals surface area contributed by atoms with Crippen LogP contribution < -0.4 is 11.2 Å². The first-order valence-electron chi connectivity index (χ1n) is 9.26. The zero-order valence-electron chi connectivity index (χ0n) is 16.3. The summed E-state index contributed by atoms with van der Waals surface area (Å²) in [4.78, 5) is 35.7. The molecule has 10 heteroatoms. The minimum absolute atomic E-state index is 0.00509. The molecular weight excluding hydrogens is 407 g/mol. The molecule has 0 atom stereocenters. The number of H-pyrrole nitrogens is 1. The summed E-state index contributed by atoms with van der Waals surface area (Å²) in [5.41, 5.74) is -0.307. The third kappa shape index (κ3) is 3.48. The van der Waals surface area contributed by atoms with E-state index in [1.165, 1.54) is 19.1 Å². The van der Waals surface area contributed by atoms with Crippen LogP contribution in [0.1, 0.15) is 17.0 Å². The van der Waals surface area contributed by atoms with Gasteiger partial charge in [0.15, 0.2) is 0 Å². The standard InChI is InChI=1S/C21H17FN4O5/c1-11-20(30)26(21(31)25(11)10-18(27)28)17-9-12(6-7-15(17)22)8-16-13-4-2-3-5-14(13)19(29)24-23-16/h2-7,9,30H,8,10H2,1H3,(H,24,29)(H,27,28). The lowest BCUT2D eigenvalue weighted by Crippen LogP contribution is -2.27. The number of aromatic nitrogens is 4. The summed E-state index contributed by atoms with van der Waals surface area (Å²) in [6.07, 6.45) is 0.217. The molecule has 0 saturated carbocycles. The van der Waals surface area contributed by atoms with Crippen LogP contribution in [0.25, 0.3) is 16.5 Å². The van der Waals surface area contributed by atoms with Crippen LogP contribution in [-0.4, -0.2) is 35.5 Å². The number of aromatic amines is 1. The number of benzene rings is 2. The van der Waals surface area contributed by atoms with Crippen molar-refractivity contribution < 1.29 is 19.4 Å². The lowest BCUT2D eigenvalue weighted by atomic mass is 10.0. The SMILES string of the molecule is Cc1c(O)n(-c2cc(Cc3n[nH]c(=O)c4ccccc34)ccc2F)c(=O)n1CC(=O)O. The molecule has 158 valence electrons. The van der Waals surface area contributed by atoms with Crippen molar-refractivity contribution in [1.82, 2.24) is 19.3 Å².